The van der Waals surface area contributed by atoms with Crippen molar-refractivity contribution in [3.8, 4) is 0 Å². The van der Waals surface area contributed by atoms with Gasteiger partial charge < -0.3 is 33.7 Å². The number of ether oxygens (including phenoxy) is 6. The molecule has 2 aliphatic heterocycles. The number of nitrogens with one attached hydrogen (secondary N) is 1. The summed E-state index contributed by atoms with van der Waals surface area (Å²) in [6, 6.07) is 29.1. The first-order valence-electron chi connectivity index (χ1n) is 14.0. The molecule has 2 bridgehead atoms. The zero-order valence-electron chi connectivity index (χ0n) is 23.9. The second-order valence-corrected chi connectivity index (χ2v) is 11.5. The summed E-state index contributed by atoms with van der Waals surface area (Å²) in [6.45, 7) is 6.96. The molecule has 5 unspecified atom stereocenters. The van der Waals surface area contributed by atoms with Crippen LogP contribution in [0.1, 0.15) is 37.5 Å². The summed E-state index contributed by atoms with van der Waals surface area (Å²) in [6.07, 6.45) is -2.58. The molecule has 0 saturated carbocycles. The van der Waals surface area contributed by atoms with Gasteiger partial charge in [-0.2, -0.15) is 0 Å². The number of carbonyl (C=O) groups is 1. The fourth-order valence-corrected chi connectivity index (χ4v) is 5.12. The molecule has 218 valence electrons. The first kappa shape index (κ1) is 29.2. The van der Waals surface area contributed by atoms with Gasteiger partial charge >= 0.3 is 6.09 Å². The molecule has 0 aromatic heterocycles. The van der Waals surface area contributed by atoms with Gasteiger partial charge in [0.1, 0.15) is 29.5 Å². The third-order valence-electron chi connectivity index (χ3n) is 7.01. The predicted octanol–water partition coefficient (Wildman–Crippen LogP) is 5.39. The van der Waals surface area contributed by atoms with E-state index in [1.165, 1.54) is 0 Å². The van der Waals surface area contributed by atoms with E-state index in [2.05, 4.69) is 5.32 Å². The lowest BCUT2D eigenvalue weighted by molar-refractivity contribution is -0.263. The van der Waals surface area contributed by atoms with Crippen molar-refractivity contribution < 1.29 is 33.2 Å². The number of rotatable bonds is 11. The number of amides is 1. The average Bonchev–Trinajstić information content (AvgIpc) is 3.35. The van der Waals surface area contributed by atoms with Crippen LogP contribution in [0.3, 0.4) is 0 Å². The summed E-state index contributed by atoms with van der Waals surface area (Å²) >= 11 is 0. The van der Waals surface area contributed by atoms with Crippen LogP contribution in [0, 0.1) is 0 Å². The maximum absolute atomic E-state index is 13.0. The van der Waals surface area contributed by atoms with Crippen molar-refractivity contribution in [1.29, 1.82) is 0 Å². The number of benzene rings is 3. The minimum Gasteiger partial charge on any atom is -0.444 e. The van der Waals surface area contributed by atoms with Crippen molar-refractivity contribution >= 4 is 6.09 Å². The van der Waals surface area contributed by atoms with E-state index >= 15 is 0 Å². The fraction of sp³-hybridized carbons (Fsp3) is 0.424. The van der Waals surface area contributed by atoms with E-state index in [9.17, 15) is 4.79 Å². The SMILES string of the molecule is CC(C)(C)OC(=O)NC1C2OCC(COCc3ccccc3)(O2)C(OCc2ccccc2)C1OCc1ccccc1. The van der Waals surface area contributed by atoms with E-state index in [1.807, 2.05) is 112 Å². The Morgan fingerprint density at radius 2 is 1.37 bits per heavy atom. The lowest BCUT2D eigenvalue weighted by Gasteiger charge is -2.46. The van der Waals surface area contributed by atoms with Crippen LogP contribution < -0.4 is 5.32 Å². The Morgan fingerprint density at radius 1 is 0.829 bits per heavy atom. The Hall–Kier alpha value is -3.27. The van der Waals surface area contributed by atoms with E-state index in [-0.39, 0.29) is 13.2 Å². The molecule has 2 aliphatic rings. The highest BCUT2D eigenvalue weighted by molar-refractivity contribution is 5.68. The van der Waals surface area contributed by atoms with Crippen molar-refractivity contribution in [3.63, 3.8) is 0 Å². The third-order valence-corrected chi connectivity index (χ3v) is 7.01. The van der Waals surface area contributed by atoms with Crippen LogP contribution in [0.15, 0.2) is 91.0 Å². The van der Waals surface area contributed by atoms with Gasteiger partial charge in [0.15, 0.2) is 6.29 Å². The lowest BCUT2D eigenvalue weighted by atomic mass is 9.87. The molecular formula is C33H39NO7. The highest BCUT2D eigenvalue weighted by Gasteiger charge is 2.62. The van der Waals surface area contributed by atoms with Crippen LogP contribution in [-0.4, -0.2) is 55.0 Å². The third kappa shape index (κ3) is 7.72. The van der Waals surface area contributed by atoms with Crippen molar-refractivity contribution in [2.75, 3.05) is 13.2 Å². The molecule has 3 aromatic rings. The van der Waals surface area contributed by atoms with Gasteiger partial charge in [-0.15, -0.1) is 0 Å². The molecule has 2 saturated heterocycles. The molecule has 2 heterocycles. The number of hydrogen-bond donors (Lipinski definition) is 1. The summed E-state index contributed by atoms with van der Waals surface area (Å²) in [7, 11) is 0. The molecule has 1 N–H and O–H groups in total. The number of alkyl carbamates (subject to hydrolysis) is 1. The van der Waals surface area contributed by atoms with Crippen molar-refractivity contribution in [1.82, 2.24) is 5.32 Å². The van der Waals surface area contributed by atoms with E-state index in [0.717, 1.165) is 16.7 Å². The van der Waals surface area contributed by atoms with E-state index < -0.39 is 41.8 Å². The van der Waals surface area contributed by atoms with Gasteiger partial charge in [-0.25, -0.2) is 4.79 Å². The molecule has 5 atom stereocenters. The van der Waals surface area contributed by atoms with Crippen LogP contribution in [0.2, 0.25) is 0 Å². The monoisotopic (exact) mass is 561 g/mol. The van der Waals surface area contributed by atoms with Crippen LogP contribution in [0.4, 0.5) is 4.79 Å². The van der Waals surface area contributed by atoms with Crippen molar-refractivity contribution in [3.05, 3.63) is 108 Å². The Labute approximate surface area is 241 Å². The molecule has 5 rings (SSSR count). The largest absolute Gasteiger partial charge is 0.444 e. The summed E-state index contributed by atoms with van der Waals surface area (Å²) < 4.78 is 37.7. The second kappa shape index (κ2) is 13.1. The molecule has 0 spiro atoms. The van der Waals surface area contributed by atoms with Crippen molar-refractivity contribution in [2.45, 2.75) is 76.3 Å². The molecule has 41 heavy (non-hydrogen) atoms. The molecule has 8 nitrogen and oxygen atoms in total. The Kier molecular flexibility index (Phi) is 9.37. The average molecular weight is 562 g/mol. The molecule has 1 amide bonds. The minimum atomic E-state index is -0.943. The molecule has 0 aliphatic carbocycles. The Morgan fingerprint density at radius 3 is 1.93 bits per heavy atom. The number of hydrogen-bond acceptors (Lipinski definition) is 7. The molecule has 2 fully saturated rings. The first-order chi connectivity index (χ1) is 19.8. The summed E-state index contributed by atoms with van der Waals surface area (Å²) in [5, 5.41) is 2.96. The Bertz CT molecular complexity index is 1230. The topological polar surface area (TPSA) is 84.5 Å². The smallest absolute Gasteiger partial charge is 0.408 e. The quantitative estimate of drug-likeness (QED) is 0.336. The van der Waals surface area contributed by atoms with Crippen LogP contribution in [0.5, 0.6) is 0 Å². The van der Waals surface area contributed by atoms with E-state index in [4.69, 9.17) is 28.4 Å². The predicted molar refractivity (Wildman–Crippen MR) is 153 cm³/mol. The Balaban J connectivity index is 1.42. The van der Waals surface area contributed by atoms with Crippen LogP contribution in [-0.2, 0) is 48.2 Å². The standard InChI is InChI=1S/C33H39NO7/c1-32(2,3)41-31(35)34-27-28(37-20-25-15-9-5-10-16-25)29(38-21-26-17-11-6-12-18-26)33(23-39-30(27)40-33)22-36-19-24-13-7-4-8-14-24/h4-18,27-30H,19-23H2,1-3H3,(H,34,35). The van der Waals surface area contributed by atoms with Gasteiger partial charge in [-0.05, 0) is 37.5 Å². The van der Waals surface area contributed by atoms with Gasteiger partial charge in [0, 0.05) is 0 Å². The fourth-order valence-electron chi connectivity index (χ4n) is 5.12. The molecule has 0 radical (unpaired) electrons. The van der Waals surface area contributed by atoms with Gasteiger partial charge in [-0.1, -0.05) is 91.0 Å². The zero-order valence-corrected chi connectivity index (χ0v) is 23.9. The maximum Gasteiger partial charge on any atom is 0.408 e. The minimum absolute atomic E-state index is 0.224. The first-order valence-corrected chi connectivity index (χ1v) is 14.0. The van der Waals surface area contributed by atoms with E-state index in [1.54, 1.807) is 0 Å². The highest BCUT2D eigenvalue weighted by atomic mass is 16.8. The number of carbonyl (C=O) groups excluding carboxylic acids is 1. The van der Waals surface area contributed by atoms with Crippen LogP contribution in [0.25, 0.3) is 0 Å². The van der Waals surface area contributed by atoms with Gasteiger partial charge in [-0.3, -0.25) is 0 Å². The normalized spacial score (nSPS) is 25.5. The highest BCUT2D eigenvalue weighted by Crippen LogP contribution is 2.41. The van der Waals surface area contributed by atoms with E-state index in [0.29, 0.717) is 19.8 Å². The summed E-state index contributed by atoms with van der Waals surface area (Å²) in [5.74, 6) is 0. The van der Waals surface area contributed by atoms with Gasteiger partial charge in [0.2, 0.25) is 0 Å². The molecule has 8 heteroatoms. The van der Waals surface area contributed by atoms with Gasteiger partial charge in [0.05, 0.1) is 33.0 Å². The van der Waals surface area contributed by atoms with Gasteiger partial charge in [0.25, 0.3) is 0 Å². The second-order valence-electron chi connectivity index (χ2n) is 11.5. The summed E-state index contributed by atoms with van der Waals surface area (Å²) in [5.41, 5.74) is 1.45. The maximum atomic E-state index is 13.0. The molecule has 3 aromatic carbocycles. The summed E-state index contributed by atoms with van der Waals surface area (Å²) in [4.78, 5) is 13.0. The zero-order chi connectivity index (χ0) is 28.7. The lowest BCUT2D eigenvalue weighted by Crippen LogP contribution is -2.68. The number of fused-ring (bicyclic) bond motifs is 2. The van der Waals surface area contributed by atoms with Crippen LogP contribution >= 0.6 is 0 Å². The van der Waals surface area contributed by atoms with Crippen molar-refractivity contribution in [2.24, 2.45) is 0 Å². The molecular weight excluding hydrogens is 522 g/mol.